The van der Waals surface area contributed by atoms with Crippen LogP contribution in [0.25, 0.3) is 11.0 Å². The molecule has 0 saturated heterocycles. The number of rotatable bonds is 6. The molecule has 0 aliphatic rings. The topological polar surface area (TPSA) is 89.3 Å². The summed E-state index contributed by atoms with van der Waals surface area (Å²) in [5, 5.41) is 23.0. The number of hydrogen-bond acceptors (Lipinski definition) is 7. The van der Waals surface area contributed by atoms with Crippen LogP contribution < -0.4 is 5.32 Å². The Balaban J connectivity index is 2.04. The number of ether oxygens (including phenoxy) is 1. The normalized spacial score (nSPS) is 13.6. The number of nitrogens with zero attached hydrogens (tertiary/aromatic N) is 3. The number of nitrogens with one attached hydrogen (secondary N) is 1. The van der Waals surface area contributed by atoms with Crippen molar-refractivity contribution < 1.29 is 14.6 Å². The van der Waals surface area contributed by atoms with E-state index in [1.165, 1.54) is 17.5 Å². The van der Waals surface area contributed by atoms with E-state index in [1.807, 2.05) is 23.8 Å². The van der Waals surface area contributed by atoms with E-state index < -0.39 is 11.6 Å². The van der Waals surface area contributed by atoms with Crippen LogP contribution in [0.3, 0.4) is 0 Å². The van der Waals surface area contributed by atoms with Crippen molar-refractivity contribution in [2.24, 2.45) is 7.05 Å². The lowest BCUT2D eigenvalue weighted by atomic mass is 9.99. The molecular weight excluding hydrogens is 352 g/mol. The molecular formula is C18H22N4O3S. The highest BCUT2D eigenvalue weighted by Crippen LogP contribution is 2.31. The maximum atomic E-state index is 12.4. The van der Waals surface area contributed by atoms with E-state index in [0.717, 1.165) is 16.6 Å². The summed E-state index contributed by atoms with van der Waals surface area (Å²) in [6.07, 6.45) is 1.49. The fraction of sp³-hybridized carbons (Fsp3) is 0.389. The van der Waals surface area contributed by atoms with Gasteiger partial charge in [-0.05, 0) is 43.2 Å². The predicted octanol–water partition coefficient (Wildman–Crippen LogP) is 2.83. The smallest absolute Gasteiger partial charge is 0.341 e. The first kappa shape index (κ1) is 18.3. The van der Waals surface area contributed by atoms with Crippen LogP contribution in [0.1, 0.15) is 35.5 Å². The van der Waals surface area contributed by atoms with Crippen molar-refractivity contribution in [3.05, 3.63) is 39.8 Å². The van der Waals surface area contributed by atoms with Crippen LogP contribution in [0.4, 0.5) is 5.69 Å². The molecule has 138 valence electrons. The third-order valence-corrected chi connectivity index (χ3v) is 4.96. The Bertz CT molecular complexity index is 932. The van der Waals surface area contributed by atoms with Gasteiger partial charge in [-0.3, -0.25) is 4.68 Å². The summed E-state index contributed by atoms with van der Waals surface area (Å²) < 4.78 is 6.83. The average Bonchev–Trinajstić information content (AvgIpc) is 3.22. The number of carbonyl (C=O) groups is 1. The van der Waals surface area contributed by atoms with Crippen molar-refractivity contribution in [2.75, 3.05) is 18.5 Å². The molecule has 8 heteroatoms. The highest BCUT2D eigenvalue weighted by atomic mass is 32.1. The van der Waals surface area contributed by atoms with Crippen LogP contribution in [0.5, 0.6) is 0 Å². The van der Waals surface area contributed by atoms with E-state index in [9.17, 15) is 9.90 Å². The van der Waals surface area contributed by atoms with Gasteiger partial charge in [-0.1, -0.05) is 0 Å². The zero-order valence-corrected chi connectivity index (χ0v) is 16.1. The number of aryl methyl sites for hydroxylation is 2. The lowest BCUT2D eigenvalue weighted by Gasteiger charge is -2.24. The zero-order chi connectivity index (χ0) is 18.9. The maximum Gasteiger partial charge on any atom is 0.341 e. The third kappa shape index (κ3) is 3.30. The molecule has 26 heavy (non-hydrogen) atoms. The van der Waals surface area contributed by atoms with Crippen molar-refractivity contribution >= 4 is 34.0 Å². The van der Waals surface area contributed by atoms with Crippen LogP contribution in [-0.2, 0) is 17.4 Å². The van der Waals surface area contributed by atoms with Gasteiger partial charge in [0.1, 0.15) is 11.2 Å². The molecule has 3 aromatic heterocycles. The van der Waals surface area contributed by atoms with Gasteiger partial charge in [0.2, 0.25) is 0 Å². The Morgan fingerprint density at radius 2 is 2.27 bits per heavy atom. The molecule has 0 saturated carbocycles. The number of carbonyl (C=O) groups excluding carboxylic acids is 1. The number of aliphatic hydroxyl groups is 1. The quantitative estimate of drug-likeness (QED) is 0.645. The van der Waals surface area contributed by atoms with Crippen LogP contribution >= 0.6 is 11.3 Å². The van der Waals surface area contributed by atoms with Crippen LogP contribution in [0.2, 0.25) is 0 Å². The number of anilines is 1. The van der Waals surface area contributed by atoms with Crippen LogP contribution in [0, 0.1) is 6.92 Å². The molecule has 0 radical (unpaired) electrons. The van der Waals surface area contributed by atoms with Crippen molar-refractivity contribution in [3.8, 4) is 0 Å². The number of esters is 1. The van der Waals surface area contributed by atoms with Gasteiger partial charge < -0.3 is 15.2 Å². The van der Waals surface area contributed by atoms with Crippen LogP contribution in [0.15, 0.2) is 23.0 Å². The van der Waals surface area contributed by atoms with Crippen molar-refractivity contribution in [2.45, 2.75) is 26.4 Å². The molecule has 0 spiro atoms. The maximum absolute atomic E-state index is 12.4. The van der Waals surface area contributed by atoms with Gasteiger partial charge in [0, 0.05) is 19.8 Å². The van der Waals surface area contributed by atoms with E-state index in [1.54, 1.807) is 25.6 Å². The highest BCUT2D eigenvalue weighted by molar-refractivity contribution is 7.08. The summed E-state index contributed by atoms with van der Waals surface area (Å²) in [7, 11) is 1.80. The number of thiophene rings is 1. The summed E-state index contributed by atoms with van der Waals surface area (Å²) in [5.74, 6) is -0.456. The molecule has 3 rings (SSSR count). The molecule has 0 amide bonds. The lowest BCUT2D eigenvalue weighted by molar-refractivity contribution is 0.0525. The number of pyridine rings is 1. The summed E-state index contributed by atoms with van der Waals surface area (Å²) in [6, 6.07) is 1.88. The molecule has 7 nitrogen and oxygen atoms in total. The molecule has 0 aromatic carbocycles. The third-order valence-electron chi connectivity index (χ3n) is 4.28. The summed E-state index contributed by atoms with van der Waals surface area (Å²) in [6.45, 7) is 5.86. The van der Waals surface area contributed by atoms with E-state index in [-0.39, 0.29) is 13.2 Å². The average molecular weight is 374 g/mol. The van der Waals surface area contributed by atoms with Crippen molar-refractivity contribution in [1.82, 2.24) is 14.8 Å². The molecule has 3 aromatic rings. The molecule has 0 aliphatic carbocycles. The molecule has 1 atom stereocenters. The molecule has 0 aliphatic heterocycles. The molecule has 2 N–H and O–H groups in total. The number of hydrogen-bond donors (Lipinski definition) is 2. The Morgan fingerprint density at radius 1 is 1.50 bits per heavy atom. The van der Waals surface area contributed by atoms with Crippen LogP contribution in [-0.4, -0.2) is 39.0 Å². The monoisotopic (exact) mass is 374 g/mol. The largest absolute Gasteiger partial charge is 0.462 e. The van der Waals surface area contributed by atoms with Gasteiger partial charge in [0.05, 0.1) is 23.4 Å². The van der Waals surface area contributed by atoms with E-state index in [2.05, 4.69) is 15.4 Å². The fourth-order valence-corrected chi connectivity index (χ4v) is 3.68. The van der Waals surface area contributed by atoms with Gasteiger partial charge >= 0.3 is 5.97 Å². The van der Waals surface area contributed by atoms with E-state index in [4.69, 9.17) is 4.74 Å². The number of aromatic nitrogens is 3. The lowest BCUT2D eigenvalue weighted by Crippen LogP contribution is -2.30. The first-order valence-corrected chi connectivity index (χ1v) is 9.27. The Morgan fingerprint density at radius 3 is 2.92 bits per heavy atom. The second-order valence-electron chi connectivity index (χ2n) is 6.31. The Labute approximate surface area is 155 Å². The Hall–Kier alpha value is -2.45. The van der Waals surface area contributed by atoms with Gasteiger partial charge in [0.15, 0.2) is 5.65 Å². The SMILES string of the molecule is CCOC(=O)c1cnc2c(c(C)nn2C)c1NCC(C)(O)c1ccsc1. The van der Waals surface area contributed by atoms with E-state index >= 15 is 0 Å². The van der Waals surface area contributed by atoms with E-state index in [0.29, 0.717) is 16.9 Å². The van der Waals surface area contributed by atoms with Gasteiger partial charge in [-0.25, -0.2) is 9.78 Å². The first-order valence-electron chi connectivity index (χ1n) is 8.33. The molecule has 1 unspecified atom stereocenters. The molecule has 0 fully saturated rings. The van der Waals surface area contributed by atoms with Gasteiger partial charge in [-0.15, -0.1) is 0 Å². The van der Waals surface area contributed by atoms with Crippen molar-refractivity contribution in [3.63, 3.8) is 0 Å². The van der Waals surface area contributed by atoms with Gasteiger partial charge in [0.25, 0.3) is 0 Å². The first-order chi connectivity index (χ1) is 12.3. The summed E-state index contributed by atoms with van der Waals surface area (Å²) >= 11 is 1.53. The second-order valence-corrected chi connectivity index (χ2v) is 7.09. The summed E-state index contributed by atoms with van der Waals surface area (Å²) in [4.78, 5) is 16.7. The van der Waals surface area contributed by atoms with Gasteiger partial charge in [-0.2, -0.15) is 16.4 Å². The zero-order valence-electron chi connectivity index (χ0n) is 15.2. The standard InChI is InChI=1S/C18H22N4O3S/c1-5-25-17(23)13-8-19-16-14(11(2)21-22(16)4)15(13)20-10-18(3,24)12-6-7-26-9-12/h6-9,24H,5,10H2,1-4H3,(H,19,20). The highest BCUT2D eigenvalue weighted by Gasteiger charge is 2.26. The molecule has 0 bridgehead atoms. The molecule has 3 heterocycles. The minimum absolute atomic E-state index is 0.226. The Kier molecular flexibility index (Phi) is 4.97. The fourth-order valence-electron chi connectivity index (χ4n) is 2.89. The van der Waals surface area contributed by atoms with Crippen molar-refractivity contribution in [1.29, 1.82) is 0 Å². The minimum Gasteiger partial charge on any atom is -0.462 e. The predicted molar refractivity (Wildman–Crippen MR) is 102 cm³/mol. The summed E-state index contributed by atoms with van der Waals surface area (Å²) in [5.41, 5.74) is 2.05. The second kappa shape index (κ2) is 7.05. The minimum atomic E-state index is -1.09. The number of fused-ring (bicyclic) bond motifs is 1.